The van der Waals surface area contributed by atoms with Crippen LogP contribution in [0.25, 0.3) is 0 Å². The van der Waals surface area contributed by atoms with E-state index in [9.17, 15) is 32.3 Å². The second-order valence-electron chi connectivity index (χ2n) is 4.93. The number of nitrogens with zero attached hydrogens (tertiary/aromatic N) is 2. The van der Waals surface area contributed by atoms with E-state index in [1.165, 1.54) is 0 Å². The molecule has 1 aromatic rings. The fraction of sp³-hybridized carbons (Fsp3) is 0.0667. The van der Waals surface area contributed by atoms with Crippen molar-refractivity contribution >= 4 is 35.0 Å². The Labute approximate surface area is 132 Å². The fourth-order valence-corrected chi connectivity index (χ4v) is 2.33. The molecule has 0 fully saturated rings. The van der Waals surface area contributed by atoms with Gasteiger partial charge in [-0.1, -0.05) is 0 Å². The first-order valence-corrected chi connectivity index (χ1v) is 6.53. The van der Waals surface area contributed by atoms with E-state index < -0.39 is 35.4 Å². The average Bonchev–Trinajstić information content (AvgIpc) is 3.00. The quantitative estimate of drug-likeness (QED) is 0.768. The second kappa shape index (κ2) is 5.15. The molecular formula is C15H7F3N2O4. The summed E-state index contributed by atoms with van der Waals surface area (Å²) in [7, 11) is 0. The van der Waals surface area contributed by atoms with Gasteiger partial charge in [0, 0.05) is 24.3 Å². The normalized spacial score (nSPS) is 17.6. The summed E-state index contributed by atoms with van der Waals surface area (Å²) in [5.74, 6) is -3.27. The Hall–Kier alpha value is -3.23. The molecule has 0 spiro atoms. The molecule has 24 heavy (non-hydrogen) atoms. The highest BCUT2D eigenvalue weighted by Gasteiger charge is 2.36. The van der Waals surface area contributed by atoms with Crippen LogP contribution in [0.4, 0.5) is 24.5 Å². The number of amides is 4. The van der Waals surface area contributed by atoms with Crippen LogP contribution in [-0.2, 0) is 25.4 Å². The summed E-state index contributed by atoms with van der Waals surface area (Å²) in [6.07, 6.45) is -1.15. The zero-order valence-corrected chi connectivity index (χ0v) is 11.7. The number of rotatable bonds is 2. The fourth-order valence-electron chi connectivity index (χ4n) is 2.33. The molecule has 2 heterocycles. The van der Waals surface area contributed by atoms with Crippen molar-refractivity contribution in [3.8, 4) is 0 Å². The number of carbonyl (C=O) groups is 4. The predicted octanol–water partition coefficient (Wildman–Crippen LogP) is 1.56. The molecule has 0 saturated carbocycles. The molecule has 0 N–H and O–H groups in total. The van der Waals surface area contributed by atoms with Gasteiger partial charge in [0.25, 0.3) is 23.6 Å². The maximum atomic E-state index is 13.1. The summed E-state index contributed by atoms with van der Waals surface area (Å²) < 4.78 is 39.3. The lowest BCUT2D eigenvalue weighted by Crippen LogP contribution is -2.32. The Bertz CT molecular complexity index is 759. The van der Waals surface area contributed by atoms with Crippen LogP contribution in [0.15, 0.2) is 42.5 Å². The third-order valence-electron chi connectivity index (χ3n) is 3.36. The van der Waals surface area contributed by atoms with Crippen molar-refractivity contribution in [2.45, 2.75) is 6.18 Å². The van der Waals surface area contributed by atoms with Crippen LogP contribution in [0.3, 0.4) is 0 Å². The smallest absolute Gasteiger partial charge is 0.269 e. The number of hydrogen-bond donors (Lipinski definition) is 0. The standard InChI is InChI=1S/C15H7F3N2O4/c16-15(17,18)8-5-9(19-11(21)1-2-12(19)22)7-10(6-8)20-13(23)3-4-14(20)24/h1-7H. The highest BCUT2D eigenvalue weighted by molar-refractivity contribution is 6.30. The summed E-state index contributed by atoms with van der Waals surface area (Å²) >= 11 is 0. The number of carbonyl (C=O) groups excluding carboxylic acids is 4. The molecule has 9 heteroatoms. The number of imide groups is 2. The van der Waals surface area contributed by atoms with E-state index in [1.807, 2.05) is 0 Å². The molecule has 0 radical (unpaired) electrons. The van der Waals surface area contributed by atoms with E-state index in [0.717, 1.165) is 30.4 Å². The Morgan fingerprint density at radius 1 is 0.625 bits per heavy atom. The Balaban J connectivity index is 2.15. The van der Waals surface area contributed by atoms with Crippen molar-refractivity contribution in [2.24, 2.45) is 0 Å². The van der Waals surface area contributed by atoms with Gasteiger partial charge in [-0.25, -0.2) is 9.80 Å². The Kier molecular flexibility index (Phi) is 3.36. The van der Waals surface area contributed by atoms with Crippen LogP contribution in [0.1, 0.15) is 5.56 Å². The highest BCUT2D eigenvalue weighted by Crippen LogP contribution is 2.37. The van der Waals surface area contributed by atoms with Gasteiger partial charge in [0.15, 0.2) is 0 Å². The van der Waals surface area contributed by atoms with Crippen molar-refractivity contribution in [1.29, 1.82) is 0 Å². The first-order chi connectivity index (χ1) is 11.2. The molecule has 6 nitrogen and oxygen atoms in total. The van der Waals surface area contributed by atoms with E-state index >= 15 is 0 Å². The van der Waals surface area contributed by atoms with Crippen molar-refractivity contribution < 1.29 is 32.3 Å². The van der Waals surface area contributed by atoms with Gasteiger partial charge in [-0.2, -0.15) is 13.2 Å². The summed E-state index contributed by atoms with van der Waals surface area (Å²) in [5, 5.41) is 0. The first kappa shape index (κ1) is 15.7. The minimum absolute atomic E-state index is 0.382. The molecule has 0 saturated heterocycles. The lowest BCUT2D eigenvalue weighted by Gasteiger charge is -2.21. The minimum Gasteiger partial charge on any atom is -0.269 e. The van der Waals surface area contributed by atoms with Gasteiger partial charge in [0.2, 0.25) is 0 Å². The number of benzene rings is 1. The first-order valence-electron chi connectivity index (χ1n) is 6.53. The maximum Gasteiger partial charge on any atom is 0.416 e. The van der Waals surface area contributed by atoms with Crippen LogP contribution >= 0.6 is 0 Å². The molecule has 0 unspecified atom stereocenters. The van der Waals surface area contributed by atoms with Gasteiger partial charge in [-0.05, 0) is 18.2 Å². The summed E-state index contributed by atoms with van der Waals surface area (Å²) in [5.41, 5.74) is -1.96. The average molecular weight is 336 g/mol. The molecule has 0 atom stereocenters. The molecular weight excluding hydrogens is 329 g/mol. The van der Waals surface area contributed by atoms with Gasteiger partial charge in [-0.3, -0.25) is 19.2 Å². The van der Waals surface area contributed by atoms with E-state index in [0.29, 0.717) is 21.9 Å². The molecule has 0 aliphatic carbocycles. The molecule has 4 amide bonds. The third-order valence-corrected chi connectivity index (χ3v) is 3.36. The predicted molar refractivity (Wildman–Crippen MR) is 74.7 cm³/mol. The van der Waals surface area contributed by atoms with Crippen molar-refractivity contribution in [3.63, 3.8) is 0 Å². The number of anilines is 2. The van der Waals surface area contributed by atoms with Crippen LogP contribution < -0.4 is 9.80 Å². The summed E-state index contributed by atoms with van der Waals surface area (Å²) in [6, 6.07) is 2.20. The monoisotopic (exact) mass is 336 g/mol. The largest absolute Gasteiger partial charge is 0.416 e. The minimum atomic E-state index is -4.80. The van der Waals surface area contributed by atoms with Crippen LogP contribution in [0, 0.1) is 0 Å². The van der Waals surface area contributed by atoms with E-state index in [4.69, 9.17) is 0 Å². The summed E-state index contributed by atoms with van der Waals surface area (Å²) in [4.78, 5) is 47.8. The molecule has 122 valence electrons. The highest BCUT2D eigenvalue weighted by atomic mass is 19.4. The molecule has 2 aliphatic heterocycles. The van der Waals surface area contributed by atoms with Gasteiger partial charge in [0.1, 0.15) is 0 Å². The van der Waals surface area contributed by atoms with E-state index in [-0.39, 0.29) is 11.4 Å². The third kappa shape index (κ3) is 2.49. The van der Waals surface area contributed by atoms with Crippen LogP contribution in [0.2, 0.25) is 0 Å². The van der Waals surface area contributed by atoms with Crippen molar-refractivity contribution in [1.82, 2.24) is 0 Å². The van der Waals surface area contributed by atoms with Crippen molar-refractivity contribution in [3.05, 3.63) is 48.1 Å². The lowest BCUT2D eigenvalue weighted by molar-refractivity contribution is -0.137. The second-order valence-corrected chi connectivity index (χ2v) is 4.93. The maximum absolute atomic E-state index is 13.1. The molecule has 0 bridgehead atoms. The lowest BCUT2D eigenvalue weighted by atomic mass is 10.1. The molecule has 1 aromatic carbocycles. The number of halogens is 3. The van der Waals surface area contributed by atoms with Crippen LogP contribution in [-0.4, -0.2) is 23.6 Å². The van der Waals surface area contributed by atoms with Gasteiger partial charge in [0.05, 0.1) is 16.9 Å². The SMILES string of the molecule is O=C1C=CC(=O)N1c1cc(N2C(=O)C=CC2=O)cc(C(F)(F)F)c1. The van der Waals surface area contributed by atoms with E-state index in [1.54, 1.807) is 0 Å². The summed E-state index contributed by atoms with van der Waals surface area (Å²) in [6.45, 7) is 0. The Morgan fingerprint density at radius 2 is 0.958 bits per heavy atom. The Morgan fingerprint density at radius 3 is 1.25 bits per heavy atom. The van der Waals surface area contributed by atoms with Gasteiger partial charge >= 0.3 is 6.18 Å². The zero-order chi connectivity index (χ0) is 17.6. The van der Waals surface area contributed by atoms with Gasteiger partial charge in [-0.15, -0.1) is 0 Å². The number of alkyl halides is 3. The van der Waals surface area contributed by atoms with Gasteiger partial charge < -0.3 is 0 Å². The zero-order valence-electron chi connectivity index (χ0n) is 11.7. The molecule has 0 aromatic heterocycles. The van der Waals surface area contributed by atoms with E-state index in [2.05, 4.69) is 0 Å². The van der Waals surface area contributed by atoms with Crippen molar-refractivity contribution in [2.75, 3.05) is 9.80 Å². The number of hydrogen-bond acceptors (Lipinski definition) is 4. The topological polar surface area (TPSA) is 74.8 Å². The molecule has 2 aliphatic rings. The molecule has 3 rings (SSSR count). The van der Waals surface area contributed by atoms with Crippen LogP contribution in [0.5, 0.6) is 0 Å².